The van der Waals surface area contributed by atoms with Crippen molar-refractivity contribution in [2.75, 3.05) is 11.9 Å². The van der Waals surface area contributed by atoms with E-state index in [0.29, 0.717) is 27.0 Å². The molecule has 0 aliphatic rings. The van der Waals surface area contributed by atoms with E-state index < -0.39 is 5.97 Å². The first-order valence-corrected chi connectivity index (χ1v) is 9.17. The van der Waals surface area contributed by atoms with Crippen LogP contribution in [0.3, 0.4) is 0 Å². The van der Waals surface area contributed by atoms with Crippen LogP contribution < -0.4 is 5.32 Å². The van der Waals surface area contributed by atoms with Crippen molar-refractivity contribution in [1.82, 2.24) is 20.0 Å². The van der Waals surface area contributed by atoms with E-state index in [2.05, 4.69) is 26.7 Å². The van der Waals surface area contributed by atoms with Crippen LogP contribution in [0.15, 0.2) is 30.5 Å². The summed E-state index contributed by atoms with van der Waals surface area (Å²) >= 11 is 1.06. The first-order chi connectivity index (χ1) is 13.5. The molecule has 0 saturated carbocycles. The maximum absolute atomic E-state index is 12.2. The summed E-state index contributed by atoms with van der Waals surface area (Å²) in [5, 5.41) is 19.8. The van der Waals surface area contributed by atoms with Gasteiger partial charge in [-0.15, -0.1) is 5.10 Å². The van der Waals surface area contributed by atoms with Crippen LogP contribution in [0.1, 0.15) is 27.9 Å². The zero-order valence-electron chi connectivity index (χ0n) is 15.2. The minimum atomic E-state index is -0.457. The largest absolute Gasteiger partial charge is 0.462 e. The number of rotatable bonds is 6. The highest BCUT2D eigenvalue weighted by Crippen LogP contribution is 2.23. The number of esters is 1. The quantitative estimate of drug-likeness (QED) is 0.635. The van der Waals surface area contributed by atoms with Gasteiger partial charge in [0.05, 0.1) is 30.1 Å². The van der Waals surface area contributed by atoms with Crippen LogP contribution in [-0.4, -0.2) is 38.5 Å². The van der Waals surface area contributed by atoms with Crippen molar-refractivity contribution in [3.05, 3.63) is 46.6 Å². The number of hydrogen-bond donors (Lipinski definition) is 1. The molecule has 0 unspecified atom stereocenters. The third kappa shape index (κ3) is 4.39. The molecule has 142 valence electrons. The van der Waals surface area contributed by atoms with E-state index in [9.17, 15) is 9.59 Å². The standard InChI is InChI=1S/C18H16N6O3S/c1-3-27-17(26)16-11(2)20-18(28-16)21-15(25)10-24-9-14(22-23-24)13-6-4-12(8-19)5-7-13/h4-7,9H,3,10H2,1-2H3,(H,20,21,25). The number of carbonyl (C=O) groups is 2. The Morgan fingerprint density at radius 1 is 1.32 bits per heavy atom. The normalized spacial score (nSPS) is 10.3. The minimum Gasteiger partial charge on any atom is -0.462 e. The summed E-state index contributed by atoms with van der Waals surface area (Å²) in [4.78, 5) is 28.6. The maximum atomic E-state index is 12.2. The lowest BCUT2D eigenvalue weighted by atomic mass is 10.1. The van der Waals surface area contributed by atoms with Gasteiger partial charge in [-0.1, -0.05) is 28.7 Å². The Labute approximate surface area is 164 Å². The van der Waals surface area contributed by atoms with Crippen LogP contribution in [0.4, 0.5) is 5.13 Å². The molecular formula is C18H16N6O3S. The van der Waals surface area contributed by atoms with Gasteiger partial charge in [-0.25, -0.2) is 14.5 Å². The highest BCUT2D eigenvalue weighted by molar-refractivity contribution is 7.17. The molecule has 2 aromatic heterocycles. The summed E-state index contributed by atoms with van der Waals surface area (Å²) in [5.41, 5.74) is 2.44. The van der Waals surface area contributed by atoms with Crippen LogP contribution in [0.25, 0.3) is 11.3 Å². The molecule has 28 heavy (non-hydrogen) atoms. The van der Waals surface area contributed by atoms with Gasteiger partial charge in [-0.05, 0) is 26.0 Å². The zero-order valence-corrected chi connectivity index (χ0v) is 16.0. The van der Waals surface area contributed by atoms with Crippen molar-refractivity contribution in [1.29, 1.82) is 5.26 Å². The van der Waals surface area contributed by atoms with Gasteiger partial charge in [0.1, 0.15) is 17.1 Å². The number of ether oxygens (including phenoxy) is 1. The number of aryl methyl sites for hydroxylation is 1. The summed E-state index contributed by atoms with van der Waals surface area (Å²) in [7, 11) is 0. The summed E-state index contributed by atoms with van der Waals surface area (Å²) < 4.78 is 6.36. The van der Waals surface area contributed by atoms with Crippen molar-refractivity contribution in [2.45, 2.75) is 20.4 Å². The van der Waals surface area contributed by atoms with Crippen LogP contribution >= 0.6 is 11.3 Å². The summed E-state index contributed by atoms with van der Waals surface area (Å²) in [6.07, 6.45) is 1.64. The van der Waals surface area contributed by atoms with E-state index >= 15 is 0 Å². The highest BCUT2D eigenvalue weighted by Gasteiger charge is 2.18. The van der Waals surface area contributed by atoms with Crippen LogP contribution in [0, 0.1) is 18.3 Å². The average Bonchev–Trinajstić information content (AvgIpc) is 3.28. The lowest BCUT2D eigenvalue weighted by molar-refractivity contribution is -0.116. The molecule has 0 spiro atoms. The number of nitrogens with zero attached hydrogens (tertiary/aromatic N) is 5. The smallest absolute Gasteiger partial charge is 0.350 e. The summed E-state index contributed by atoms with van der Waals surface area (Å²) in [6, 6.07) is 8.96. The molecule has 1 N–H and O–H groups in total. The van der Waals surface area contributed by atoms with Gasteiger partial charge in [-0.2, -0.15) is 5.26 Å². The molecule has 0 fully saturated rings. The second-order valence-corrected chi connectivity index (χ2v) is 6.69. The number of amides is 1. The van der Waals surface area contributed by atoms with E-state index in [4.69, 9.17) is 10.00 Å². The van der Waals surface area contributed by atoms with Crippen molar-refractivity contribution in [3.63, 3.8) is 0 Å². The van der Waals surface area contributed by atoms with Crippen LogP contribution in [0.2, 0.25) is 0 Å². The Morgan fingerprint density at radius 3 is 2.75 bits per heavy atom. The van der Waals surface area contributed by atoms with Gasteiger partial charge in [-0.3, -0.25) is 4.79 Å². The highest BCUT2D eigenvalue weighted by atomic mass is 32.1. The number of thiazole rings is 1. The molecule has 1 aromatic carbocycles. The molecule has 0 aliphatic heterocycles. The van der Waals surface area contributed by atoms with E-state index in [1.165, 1.54) is 4.68 Å². The lowest BCUT2D eigenvalue weighted by Crippen LogP contribution is -2.19. The van der Waals surface area contributed by atoms with Crippen molar-refractivity contribution in [3.8, 4) is 17.3 Å². The van der Waals surface area contributed by atoms with Gasteiger partial charge >= 0.3 is 5.97 Å². The SMILES string of the molecule is CCOC(=O)c1sc(NC(=O)Cn2cc(-c3ccc(C#N)cc3)nn2)nc1C. The molecule has 9 nitrogen and oxygen atoms in total. The van der Waals surface area contributed by atoms with E-state index in [0.717, 1.165) is 16.9 Å². The maximum Gasteiger partial charge on any atom is 0.350 e. The first-order valence-electron chi connectivity index (χ1n) is 8.35. The van der Waals surface area contributed by atoms with Crippen molar-refractivity contribution >= 4 is 28.3 Å². The number of nitriles is 1. The Bertz CT molecular complexity index is 1050. The van der Waals surface area contributed by atoms with Gasteiger partial charge in [0.25, 0.3) is 0 Å². The number of aromatic nitrogens is 4. The third-order valence-electron chi connectivity index (χ3n) is 3.66. The molecule has 0 radical (unpaired) electrons. The number of benzene rings is 1. The van der Waals surface area contributed by atoms with Gasteiger partial charge in [0.2, 0.25) is 5.91 Å². The minimum absolute atomic E-state index is 0.0589. The predicted molar refractivity (Wildman–Crippen MR) is 102 cm³/mol. The molecule has 0 bridgehead atoms. The lowest BCUT2D eigenvalue weighted by Gasteiger charge is -2.01. The Morgan fingerprint density at radius 2 is 2.07 bits per heavy atom. The molecule has 0 atom stereocenters. The van der Waals surface area contributed by atoms with Crippen LogP contribution in [0.5, 0.6) is 0 Å². The zero-order chi connectivity index (χ0) is 20.1. The number of carbonyl (C=O) groups excluding carboxylic acids is 2. The second kappa shape index (κ2) is 8.41. The second-order valence-electron chi connectivity index (χ2n) is 5.69. The fourth-order valence-corrected chi connectivity index (χ4v) is 3.24. The van der Waals surface area contributed by atoms with E-state index in [1.807, 2.05) is 0 Å². The van der Waals surface area contributed by atoms with Gasteiger partial charge < -0.3 is 10.1 Å². The Hall–Kier alpha value is -3.58. The number of nitrogens with one attached hydrogen (secondary N) is 1. The molecule has 2 heterocycles. The fourth-order valence-electron chi connectivity index (χ4n) is 2.37. The molecule has 0 saturated heterocycles. The van der Waals surface area contributed by atoms with E-state index in [-0.39, 0.29) is 19.1 Å². The molecule has 3 rings (SSSR count). The topological polar surface area (TPSA) is 123 Å². The van der Waals surface area contributed by atoms with Gasteiger partial charge in [0, 0.05) is 5.56 Å². The number of hydrogen-bond acceptors (Lipinski definition) is 8. The van der Waals surface area contributed by atoms with Crippen molar-refractivity contribution in [2.24, 2.45) is 0 Å². The predicted octanol–water partition coefficient (Wildman–Crippen LogP) is 2.40. The summed E-state index contributed by atoms with van der Waals surface area (Å²) in [6.45, 7) is 3.61. The fraction of sp³-hybridized carbons (Fsp3) is 0.222. The molecule has 3 aromatic rings. The molecular weight excluding hydrogens is 380 g/mol. The van der Waals surface area contributed by atoms with Crippen molar-refractivity contribution < 1.29 is 14.3 Å². The molecule has 1 amide bonds. The molecule has 0 aliphatic carbocycles. The third-order valence-corrected chi connectivity index (χ3v) is 4.71. The summed E-state index contributed by atoms with van der Waals surface area (Å²) in [5.74, 6) is -0.804. The Kier molecular flexibility index (Phi) is 5.76. The number of anilines is 1. The molecule has 10 heteroatoms. The monoisotopic (exact) mass is 396 g/mol. The average molecular weight is 396 g/mol. The van der Waals surface area contributed by atoms with E-state index in [1.54, 1.807) is 44.3 Å². The first kappa shape index (κ1) is 19.2. The Balaban J connectivity index is 1.64. The van der Waals surface area contributed by atoms with Crippen LogP contribution in [-0.2, 0) is 16.1 Å². The van der Waals surface area contributed by atoms with Gasteiger partial charge in [0.15, 0.2) is 5.13 Å².